The zero-order valence-electron chi connectivity index (χ0n) is 52.6. The van der Waals surface area contributed by atoms with Gasteiger partial charge in [-0.05, 0) is 151 Å². The average molecular weight is 1290 g/mol. The van der Waals surface area contributed by atoms with Crippen molar-refractivity contribution in [3.05, 3.63) is 187 Å². The lowest BCUT2D eigenvalue weighted by atomic mass is 9.97. The van der Waals surface area contributed by atoms with Gasteiger partial charge in [0.25, 0.3) is 0 Å². The Morgan fingerprint density at radius 1 is 0.565 bits per heavy atom. The molecular formula is C67H77FN14O8S2. The third kappa shape index (κ3) is 21.6. The number of benzene rings is 4. The summed E-state index contributed by atoms with van der Waals surface area (Å²) >= 11 is 2.70. The number of aromatic nitrogens is 8. The van der Waals surface area contributed by atoms with E-state index in [9.17, 15) is 24.0 Å². The quantitative estimate of drug-likeness (QED) is 0.0199. The number of hydrogen-bond donors (Lipinski definition) is 5. The van der Waals surface area contributed by atoms with E-state index < -0.39 is 23.4 Å². The number of ether oxygens (including phenoxy) is 3. The molecule has 4 atom stereocenters. The predicted molar refractivity (Wildman–Crippen MR) is 349 cm³/mol. The summed E-state index contributed by atoms with van der Waals surface area (Å²) < 4.78 is 33.1. The first-order chi connectivity index (χ1) is 44.2. The van der Waals surface area contributed by atoms with Crippen LogP contribution < -0.4 is 26.6 Å². The number of unbranched alkanes of at least 4 members (excludes halogenated alkanes) is 2. The molecule has 0 spiro atoms. The largest absolute Gasteiger partial charge is 0.444 e. The van der Waals surface area contributed by atoms with Crippen LogP contribution in [0.4, 0.5) is 31.1 Å². The Balaban J connectivity index is 0.692. The monoisotopic (exact) mass is 1290 g/mol. The zero-order valence-corrected chi connectivity index (χ0v) is 54.2. The molecule has 4 aromatic heterocycles. The number of epoxide rings is 1. The summed E-state index contributed by atoms with van der Waals surface area (Å²) in [6.45, 7) is 12.8. The lowest BCUT2D eigenvalue weighted by Crippen LogP contribution is -2.36. The number of anilines is 4. The van der Waals surface area contributed by atoms with Crippen LogP contribution in [0.2, 0.25) is 0 Å². The van der Waals surface area contributed by atoms with Crippen molar-refractivity contribution in [1.82, 2.24) is 51.0 Å². The molecule has 4 unspecified atom stereocenters. The summed E-state index contributed by atoms with van der Waals surface area (Å²) in [5, 5.41) is 51.1. The second-order valence-electron chi connectivity index (χ2n) is 23.9. The molecule has 5 amide bonds. The van der Waals surface area contributed by atoms with Crippen LogP contribution in [0.15, 0.2) is 121 Å². The second kappa shape index (κ2) is 32.4. The Kier molecular flexibility index (Phi) is 23.8. The van der Waals surface area contributed by atoms with Crippen molar-refractivity contribution in [2.75, 3.05) is 21.3 Å². The Morgan fingerprint density at radius 2 is 1.12 bits per heavy atom. The molecule has 1 aliphatic rings. The van der Waals surface area contributed by atoms with Crippen LogP contribution in [0.25, 0.3) is 0 Å². The van der Waals surface area contributed by atoms with Crippen LogP contribution in [-0.4, -0.2) is 99.6 Å². The van der Waals surface area contributed by atoms with Gasteiger partial charge in [0, 0.05) is 31.0 Å². The minimum atomic E-state index is -0.858. The molecule has 25 heteroatoms. The fraction of sp³-hybridized carbons (Fsp3) is 0.388. The van der Waals surface area contributed by atoms with Crippen molar-refractivity contribution in [3.63, 3.8) is 0 Å². The maximum atomic E-state index is 15.7. The summed E-state index contributed by atoms with van der Waals surface area (Å²) in [6.07, 6.45) is 5.08. The number of carbonyl (C=O) groups excluding carboxylic acids is 5. The van der Waals surface area contributed by atoms with E-state index in [0.29, 0.717) is 64.5 Å². The maximum Gasteiger partial charge on any atom is 0.410 e. The molecule has 0 radical (unpaired) electrons. The van der Waals surface area contributed by atoms with E-state index >= 15 is 4.39 Å². The first kappa shape index (κ1) is 67.5. The second-order valence-corrected chi connectivity index (χ2v) is 26.0. The molecule has 0 saturated carbocycles. The summed E-state index contributed by atoms with van der Waals surface area (Å²) in [5.41, 5.74) is 5.42. The van der Waals surface area contributed by atoms with Crippen LogP contribution in [-0.2, 0) is 91.4 Å². The van der Waals surface area contributed by atoms with Crippen LogP contribution in [0.3, 0.4) is 0 Å². The van der Waals surface area contributed by atoms with Crippen molar-refractivity contribution in [1.29, 1.82) is 0 Å². The number of nitrogens with zero attached hydrogens (tertiary/aromatic N) is 9. The molecule has 482 valence electrons. The normalized spacial score (nSPS) is 14.3. The number of carbonyl (C=O) groups is 5. The minimum Gasteiger partial charge on any atom is -0.444 e. The molecule has 22 nitrogen and oxygen atoms in total. The highest BCUT2D eigenvalue weighted by molar-refractivity contribution is 7.15. The molecule has 1 aliphatic heterocycles. The lowest BCUT2D eigenvalue weighted by molar-refractivity contribution is -0.117. The topological polar surface area (TPSA) is 283 Å². The van der Waals surface area contributed by atoms with Gasteiger partial charge < -0.3 is 35.5 Å². The maximum absolute atomic E-state index is 15.7. The van der Waals surface area contributed by atoms with Crippen molar-refractivity contribution in [3.8, 4) is 0 Å². The third-order valence-electron chi connectivity index (χ3n) is 14.5. The molecule has 8 aromatic rings. The van der Waals surface area contributed by atoms with Crippen LogP contribution >= 0.6 is 22.7 Å². The fourth-order valence-corrected chi connectivity index (χ4v) is 11.4. The van der Waals surface area contributed by atoms with E-state index in [-0.39, 0.29) is 86.0 Å². The molecule has 1 fully saturated rings. The Labute approximate surface area is 542 Å². The molecule has 4 aromatic carbocycles. The van der Waals surface area contributed by atoms with Gasteiger partial charge in [-0.15, -0.1) is 30.6 Å². The molecule has 1 saturated heterocycles. The van der Waals surface area contributed by atoms with Crippen molar-refractivity contribution in [2.24, 2.45) is 0 Å². The first-order valence-electron chi connectivity index (χ1n) is 30.8. The number of hydrogen-bond acceptors (Lipinski definition) is 19. The van der Waals surface area contributed by atoms with E-state index in [2.05, 4.69) is 81.2 Å². The highest BCUT2D eigenvalue weighted by Crippen LogP contribution is 2.30. The van der Waals surface area contributed by atoms with Crippen molar-refractivity contribution in [2.45, 2.75) is 168 Å². The van der Waals surface area contributed by atoms with Gasteiger partial charge in [0.05, 0.1) is 49.2 Å². The molecule has 5 heterocycles. The van der Waals surface area contributed by atoms with Crippen molar-refractivity contribution < 1.29 is 42.6 Å². The number of nitrogens with one attached hydrogen (secondary N) is 5. The van der Waals surface area contributed by atoms with E-state index in [1.807, 2.05) is 79.7 Å². The van der Waals surface area contributed by atoms with Gasteiger partial charge in [0.15, 0.2) is 24.2 Å². The van der Waals surface area contributed by atoms with Crippen molar-refractivity contribution >= 4 is 74.3 Å². The highest BCUT2D eigenvalue weighted by atomic mass is 32.1. The molecule has 0 bridgehead atoms. The lowest BCUT2D eigenvalue weighted by Gasteiger charge is -2.28. The van der Waals surface area contributed by atoms with Gasteiger partial charge in [-0.2, -0.15) is 10.2 Å². The number of rotatable bonds is 31. The summed E-state index contributed by atoms with van der Waals surface area (Å²) in [4.78, 5) is 67.5. The van der Waals surface area contributed by atoms with Gasteiger partial charge >= 0.3 is 6.09 Å². The zero-order chi connectivity index (χ0) is 65.2. The van der Waals surface area contributed by atoms with E-state index in [1.54, 1.807) is 64.1 Å². The van der Waals surface area contributed by atoms with E-state index in [1.165, 1.54) is 39.7 Å². The standard InChI is InChI=1S/C67H77FN14O8S2/c1-41(2)69-62-63(89-62)88-43(4)49-22-16-20-46(34-49)37-58(85)73-65-81-79-60(92-65)26-13-11-23-51-28-31-54(76-74-51)70-56(83)36-45-19-15-21-47(33-45)39-82(66(87)90-67(5,6)7)40-50-38-48(27-30-53(50)68)42(3)61(86)71-55-32-29-52(75-77-55)24-12-14-25-59-78-80-64(91-59)72-57(84)35-44-17-9-8-10-18-44/h8-10,15-22,27-34,38,41-43,62-63,69H,11-14,23-26,35-37,39-40H2,1-7H3,(H,70,76,83)(H,71,77,86)(H,72,80,84)(H,73,81,85). The molecular weight excluding hydrogens is 1210 g/mol. The molecule has 5 N–H and O–H groups in total. The Morgan fingerprint density at radius 3 is 1.72 bits per heavy atom. The van der Waals surface area contributed by atoms with E-state index in [0.717, 1.165) is 63.8 Å². The van der Waals surface area contributed by atoms with Gasteiger partial charge in [0.1, 0.15) is 21.4 Å². The van der Waals surface area contributed by atoms with Gasteiger partial charge in [-0.1, -0.05) is 114 Å². The smallest absolute Gasteiger partial charge is 0.410 e. The van der Waals surface area contributed by atoms with Crippen LogP contribution in [0.1, 0.15) is 147 Å². The molecule has 92 heavy (non-hydrogen) atoms. The number of aryl methyl sites for hydroxylation is 4. The first-order valence-corrected chi connectivity index (χ1v) is 32.4. The third-order valence-corrected chi connectivity index (χ3v) is 16.3. The Bertz CT molecular complexity index is 3770. The fourth-order valence-electron chi connectivity index (χ4n) is 9.79. The molecule has 9 rings (SSSR count). The van der Waals surface area contributed by atoms with Gasteiger partial charge in [-0.25, -0.2) is 9.18 Å². The van der Waals surface area contributed by atoms with E-state index in [4.69, 9.17) is 14.2 Å². The average Bonchev–Trinajstić information content (AvgIpc) is 1.51. The number of halogens is 1. The SMILES string of the molecule is CC(C)NC1OC1OC(C)c1cccc(CC(=O)Nc2nnc(CCCCc3ccc(NC(=O)Cc4cccc(CN(Cc5cc(C(C)C(=O)Nc6ccc(CCCCc7nnc(NC(=O)Cc8ccccc8)s7)nn6)ccc5F)C(=O)OC(C)(C)C)c4)nn3)s2)c1. The van der Waals surface area contributed by atoms with Crippen LogP contribution in [0.5, 0.6) is 0 Å². The summed E-state index contributed by atoms with van der Waals surface area (Å²) in [7, 11) is 0. The summed E-state index contributed by atoms with van der Waals surface area (Å²) in [5.74, 6) is -1.78. The Hall–Kier alpha value is -8.88. The summed E-state index contributed by atoms with van der Waals surface area (Å²) in [6, 6.07) is 36.2. The van der Waals surface area contributed by atoms with Gasteiger partial charge in [0.2, 0.25) is 33.9 Å². The predicted octanol–water partition coefficient (Wildman–Crippen LogP) is 11.2. The van der Waals surface area contributed by atoms with Crippen LogP contribution in [0, 0.1) is 5.82 Å². The molecule has 0 aliphatic carbocycles. The highest BCUT2D eigenvalue weighted by Gasteiger charge is 2.41. The van der Waals surface area contributed by atoms with Gasteiger partial charge in [-0.3, -0.25) is 29.4 Å². The minimum absolute atomic E-state index is 0.000803. The number of amides is 5.